The summed E-state index contributed by atoms with van der Waals surface area (Å²) >= 11 is 0. The number of hydrogen-bond acceptors (Lipinski definition) is 5. The quantitative estimate of drug-likeness (QED) is 0.374. The van der Waals surface area contributed by atoms with Crippen molar-refractivity contribution in [3.63, 3.8) is 0 Å². The number of anilines is 2. The van der Waals surface area contributed by atoms with Crippen molar-refractivity contribution in [3.8, 4) is 5.75 Å². The molecule has 0 heterocycles. The first-order valence-corrected chi connectivity index (χ1v) is 11.4. The number of ether oxygens (including phenoxy) is 2. The number of carbonyl (C=O) groups excluding carboxylic acids is 2. The maximum atomic E-state index is 13.1. The molecule has 34 heavy (non-hydrogen) atoms. The average molecular weight is 461 g/mol. The highest BCUT2D eigenvalue weighted by molar-refractivity contribution is 5.97. The van der Waals surface area contributed by atoms with E-state index in [4.69, 9.17) is 9.47 Å². The molecule has 0 fully saturated rings. The highest BCUT2D eigenvalue weighted by Crippen LogP contribution is 2.27. The first-order chi connectivity index (χ1) is 16.3. The Balaban J connectivity index is 1.73. The Morgan fingerprint density at radius 1 is 0.853 bits per heavy atom. The molecule has 0 saturated carbocycles. The first-order valence-electron chi connectivity index (χ1n) is 11.4. The summed E-state index contributed by atoms with van der Waals surface area (Å²) in [7, 11) is 0. The molecule has 3 rings (SSSR count). The molecule has 1 amide bonds. The molecule has 6 heteroatoms. The average Bonchev–Trinajstić information content (AvgIpc) is 2.81. The molecule has 2 N–H and O–H groups in total. The van der Waals surface area contributed by atoms with Gasteiger partial charge in [-0.25, -0.2) is 0 Å². The number of carbonyl (C=O) groups is 2. The second kappa shape index (κ2) is 11.9. The van der Waals surface area contributed by atoms with E-state index in [1.807, 2.05) is 106 Å². The summed E-state index contributed by atoms with van der Waals surface area (Å²) in [6, 6.07) is 25.9. The molecule has 1 atom stereocenters. The third-order valence-corrected chi connectivity index (χ3v) is 4.87. The van der Waals surface area contributed by atoms with E-state index in [9.17, 15) is 9.59 Å². The molecule has 6 nitrogen and oxygen atoms in total. The van der Waals surface area contributed by atoms with Crippen LogP contribution in [0, 0.1) is 0 Å². The number of hydrogen-bond donors (Lipinski definition) is 2. The van der Waals surface area contributed by atoms with Crippen molar-refractivity contribution in [2.75, 3.05) is 10.6 Å². The van der Waals surface area contributed by atoms with Gasteiger partial charge in [-0.2, -0.15) is 0 Å². The Morgan fingerprint density at radius 3 is 2.15 bits per heavy atom. The highest BCUT2D eigenvalue weighted by Gasteiger charge is 2.23. The van der Waals surface area contributed by atoms with Crippen LogP contribution >= 0.6 is 0 Å². The molecule has 3 aromatic rings. The molecule has 0 aliphatic rings. The van der Waals surface area contributed by atoms with Crippen LogP contribution in [-0.2, 0) is 20.9 Å². The Kier molecular flexibility index (Phi) is 8.68. The normalized spacial score (nSPS) is 11.9. The molecule has 0 aliphatic heterocycles. The van der Waals surface area contributed by atoms with Crippen molar-refractivity contribution < 1.29 is 19.1 Å². The van der Waals surface area contributed by atoms with E-state index in [0.717, 1.165) is 5.56 Å². The van der Waals surface area contributed by atoms with Gasteiger partial charge in [0.2, 0.25) is 5.91 Å². The van der Waals surface area contributed by atoms with Crippen LogP contribution in [0.3, 0.4) is 0 Å². The van der Waals surface area contributed by atoms with Crippen molar-refractivity contribution in [2.24, 2.45) is 0 Å². The fraction of sp³-hybridized carbons (Fsp3) is 0.286. The number of amides is 1. The summed E-state index contributed by atoms with van der Waals surface area (Å²) in [4.78, 5) is 25.5. The molecule has 0 saturated heterocycles. The summed E-state index contributed by atoms with van der Waals surface area (Å²) < 4.78 is 11.5. The Morgan fingerprint density at radius 2 is 1.47 bits per heavy atom. The van der Waals surface area contributed by atoms with E-state index >= 15 is 0 Å². The lowest BCUT2D eigenvalue weighted by Crippen LogP contribution is -2.36. The minimum absolute atomic E-state index is 0.101. The number of rotatable bonds is 10. The van der Waals surface area contributed by atoms with Crippen LogP contribution in [0.2, 0.25) is 0 Å². The van der Waals surface area contributed by atoms with Gasteiger partial charge in [0.05, 0.1) is 5.69 Å². The molecular formula is C28H32N2O4. The van der Waals surface area contributed by atoms with Gasteiger partial charge in [0, 0.05) is 12.1 Å². The third kappa shape index (κ3) is 8.28. The zero-order valence-corrected chi connectivity index (χ0v) is 19.9. The molecule has 1 unspecified atom stereocenters. The molecule has 178 valence electrons. The predicted octanol–water partition coefficient (Wildman–Crippen LogP) is 5.81. The first kappa shape index (κ1) is 24.8. The monoisotopic (exact) mass is 460 g/mol. The van der Waals surface area contributed by atoms with Gasteiger partial charge >= 0.3 is 5.97 Å². The lowest BCUT2D eigenvalue weighted by atomic mass is 10.1. The minimum atomic E-state index is -0.672. The van der Waals surface area contributed by atoms with E-state index in [0.29, 0.717) is 23.7 Å². The van der Waals surface area contributed by atoms with Crippen LogP contribution in [0.4, 0.5) is 11.4 Å². The molecular weight excluding hydrogens is 428 g/mol. The topological polar surface area (TPSA) is 76.7 Å². The number of esters is 1. The van der Waals surface area contributed by atoms with E-state index in [-0.39, 0.29) is 24.7 Å². The van der Waals surface area contributed by atoms with Crippen molar-refractivity contribution in [3.05, 3.63) is 90.5 Å². The van der Waals surface area contributed by atoms with Crippen molar-refractivity contribution >= 4 is 23.3 Å². The predicted molar refractivity (Wildman–Crippen MR) is 135 cm³/mol. The van der Waals surface area contributed by atoms with Crippen molar-refractivity contribution in [1.82, 2.24) is 0 Å². The van der Waals surface area contributed by atoms with Crippen LogP contribution < -0.4 is 15.4 Å². The summed E-state index contributed by atoms with van der Waals surface area (Å²) in [5.74, 6) is 0.0363. The van der Waals surface area contributed by atoms with Crippen molar-refractivity contribution in [2.45, 2.75) is 51.9 Å². The summed E-state index contributed by atoms with van der Waals surface area (Å²) in [5, 5.41) is 6.19. The fourth-order valence-electron chi connectivity index (χ4n) is 3.31. The maximum absolute atomic E-state index is 13.1. The molecule has 0 aliphatic carbocycles. The standard InChI is InChI=1S/C28H32N2O4/c1-28(2,3)34-26(31)19-18-24(27(32)29-22-14-8-5-9-15-22)30-23-16-10-11-17-25(23)33-20-21-12-6-4-7-13-21/h4-17,24,30H,18-20H2,1-3H3,(H,29,32). The molecule has 0 radical (unpaired) electrons. The number of benzene rings is 3. The largest absolute Gasteiger partial charge is 0.487 e. The second-order valence-electron chi connectivity index (χ2n) is 8.95. The summed E-state index contributed by atoms with van der Waals surface area (Å²) in [5.41, 5.74) is 1.83. The smallest absolute Gasteiger partial charge is 0.306 e. The maximum Gasteiger partial charge on any atom is 0.306 e. The third-order valence-electron chi connectivity index (χ3n) is 4.87. The zero-order valence-electron chi connectivity index (χ0n) is 19.9. The van der Waals surface area contributed by atoms with Crippen LogP contribution in [-0.4, -0.2) is 23.5 Å². The van der Waals surface area contributed by atoms with E-state index in [1.54, 1.807) is 0 Å². The number of nitrogens with one attached hydrogen (secondary N) is 2. The van der Waals surface area contributed by atoms with Gasteiger partial charge in [-0.15, -0.1) is 0 Å². The van der Waals surface area contributed by atoms with Crippen LogP contribution in [0.25, 0.3) is 0 Å². The lowest BCUT2D eigenvalue weighted by molar-refractivity contribution is -0.154. The van der Waals surface area contributed by atoms with Gasteiger partial charge in [-0.1, -0.05) is 60.7 Å². The second-order valence-corrected chi connectivity index (χ2v) is 8.95. The molecule has 0 bridgehead atoms. The summed E-state index contributed by atoms with van der Waals surface area (Å²) in [6.07, 6.45) is 0.366. The van der Waals surface area contributed by atoms with Crippen LogP contribution in [0.5, 0.6) is 5.75 Å². The van der Waals surface area contributed by atoms with Gasteiger partial charge < -0.3 is 20.1 Å². The molecule has 0 aromatic heterocycles. The van der Waals surface area contributed by atoms with Gasteiger partial charge in [-0.3, -0.25) is 9.59 Å². The van der Waals surface area contributed by atoms with Gasteiger partial charge in [0.15, 0.2) is 0 Å². The van der Waals surface area contributed by atoms with Gasteiger partial charge in [0.1, 0.15) is 24.0 Å². The SMILES string of the molecule is CC(C)(C)OC(=O)CCC(Nc1ccccc1OCc1ccccc1)C(=O)Nc1ccccc1. The van der Waals surface area contributed by atoms with E-state index < -0.39 is 11.6 Å². The van der Waals surface area contributed by atoms with E-state index in [1.165, 1.54) is 0 Å². The summed E-state index contributed by atoms with van der Waals surface area (Å²) in [6.45, 7) is 5.87. The Hall–Kier alpha value is -3.80. The Bertz CT molecular complexity index is 1060. The van der Waals surface area contributed by atoms with Crippen LogP contribution in [0.15, 0.2) is 84.9 Å². The zero-order chi connectivity index (χ0) is 24.4. The van der Waals surface area contributed by atoms with Crippen molar-refractivity contribution in [1.29, 1.82) is 0 Å². The molecule has 0 spiro atoms. The highest BCUT2D eigenvalue weighted by atomic mass is 16.6. The lowest BCUT2D eigenvalue weighted by Gasteiger charge is -2.23. The molecule has 3 aromatic carbocycles. The Labute approximate surface area is 201 Å². The van der Waals surface area contributed by atoms with E-state index in [2.05, 4.69) is 10.6 Å². The van der Waals surface area contributed by atoms with Gasteiger partial charge in [-0.05, 0) is 57.0 Å². The fourth-order valence-corrected chi connectivity index (χ4v) is 3.31. The number of para-hydroxylation sites is 3. The van der Waals surface area contributed by atoms with Crippen LogP contribution in [0.1, 0.15) is 39.2 Å². The van der Waals surface area contributed by atoms with Gasteiger partial charge in [0.25, 0.3) is 0 Å². The minimum Gasteiger partial charge on any atom is -0.487 e.